The number of anilines is 1. The second-order valence-corrected chi connectivity index (χ2v) is 7.21. The summed E-state index contributed by atoms with van der Waals surface area (Å²) in [6, 6.07) is 7.34. The zero-order chi connectivity index (χ0) is 19.5. The molecule has 0 aromatic heterocycles. The lowest BCUT2D eigenvalue weighted by atomic mass is 10.3. The minimum absolute atomic E-state index is 0.0764. The number of ether oxygens (including phenoxy) is 2. The van der Waals surface area contributed by atoms with E-state index in [4.69, 9.17) is 0 Å². The average molecular weight is 462 g/mol. The van der Waals surface area contributed by atoms with Gasteiger partial charge in [-0.15, -0.1) is 13.2 Å². The van der Waals surface area contributed by atoms with E-state index < -0.39 is 33.6 Å². The van der Waals surface area contributed by atoms with E-state index in [0.717, 1.165) is 36.4 Å². The number of hydrogen-bond acceptors (Lipinski definition) is 4. The molecule has 5 nitrogen and oxygen atoms in total. The second-order valence-electron chi connectivity index (χ2n) is 4.65. The normalized spacial score (nSPS) is 12.1. The van der Waals surface area contributed by atoms with Crippen molar-refractivity contribution in [1.82, 2.24) is 0 Å². The Hall–Kier alpha value is -2.08. The van der Waals surface area contributed by atoms with Crippen LogP contribution >= 0.6 is 15.9 Å². The first-order valence-electron chi connectivity index (χ1n) is 6.59. The van der Waals surface area contributed by atoms with Gasteiger partial charge >= 0.3 is 13.0 Å². The Morgan fingerprint density at radius 2 is 1.65 bits per heavy atom. The van der Waals surface area contributed by atoms with Crippen molar-refractivity contribution >= 4 is 31.6 Å². The van der Waals surface area contributed by atoms with E-state index >= 15 is 0 Å². The summed E-state index contributed by atoms with van der Waals surface area (Å²) in [5.41, 5.74) is -0.0764. The van der Waals surface area contributed by atoms with E-state index in [1.54, 1.807) is 0 Å². The molecule has 12 heteroatoms. The molecule has 1 N–H and O–H groups in total. The summed E-state index contributed by atoms with van der Waals surface area (Å²) in [5.74, 6) is -1.15. The van der Waals surface area contributed by atoms with E-state index in [2.05, 4.69) is 25.4 Å². The minimum atomic E-state index is -5.10. The van der Waals surface area contributed by atoms with Crippen LogP contribution in [0.3, 0.4) is 0 Å². The van der Waals surface area contributed by atoms with Gasteiger partial charge in [0.05, 0.1) is 0 Å². The summed E-state index contributed by atoms with van der Waals surface area (Å²) in [4.78, 5) is -0.758. The highest BCUT2D eigenvalue weighted by atomic mass is 79.9. The van der Waals surface area contributed by atoms with Crippen LogP contribution in [0.2, 0.25) is 0 Å². The molecule has 0 spiro atoms. The summed E-state index contributed by atoms with van der Waals surface area (Å²) in [5, 5.41) is 0. The van der Waals surface area contributed by atoms with Gasteiger partial charge < -0.3 is 9.47 Å². The molecular weight excluding hydrogens is 453 g/mol. The molecule has 2 rings (SSSR count). The van der Waals surface area contributed by atoms with Crippen LogP contribution in [-0.2, 0) is 10.0 Å². The van der Waals surface area contributed by atoms with Gasteiger partial charge in [-0.25, -0.2) is 8.42 Å². The lowest BCUT2D eigenvalue weighted by Gasteiger charge is -2.15. The van der Waals surface area contributed by atoms with Crippen LogP contribution in [0.1, 0.15) is 0 Å². The van der Waals surface area contributed by atoms with Crippen LogP contribution in [0.25, 0.3) is 0 Å². The van der Waals surface area contributed by atoms with Crippen LogP contribution < -0.4 is 14.2 Å². The van der Waals surface area contributed by atoms with Gasteiger partial charge in [0.2, 0.25) is 0 Å². The minimum Gasteiger partial charge on any atom is -0.435 e. The van der Waals surface area contributed by atoms with E-state index in [0.29, 0.717) is 0 Å². The lowest BCUT2D eigenvalue weighted by molar-refractivity contribution is -0.275. The Morgan fingerprint density at radius 3 is 2.19 bits per heavy atom. The Labute approximate surface area is 152 Å². The van der Waals surface area contributed by atoms with E-state index in [1.165, 1.54) is 6.07 Å². The average Bonchev–Trinajstić information content (AvgIpc) is 2.46. The van der Waals surface area contributed by atoms with E-state index in [1.807, 2.05) is 4.72 Å². The first-order chi connectivity index (χ1) is 12.0. The number of hydrogen-bond donors (Lipinski definition) is 1. The van der Waals surface area contributed by atoms with Gasteiger partial charge in [0, 0.05) is 10.2 Å². The van der Waals surface area contributed by atoms with Crippen LogP contribution in [-0.4, -0.2) is 21.4 Å². The van der Waals surface area contributed by atoms with Crippen LogP contribution in [0.4, 0.5) is 27.6 Å². The Bertz CT molecular complexity index is 872. The molecule has 26 heavy (non-hydrogen) atoms. The van der Waals surface area contributed by atoms with Crippen molar-refractivity contribution in [2.45, 2.75) is 17.9 Å². The van der Waals surface area contributed by atoms with Crippen molar-refractivity contribution in [2.75, 3.05) is 4.72 Å². The highest BCUT2D eigenvalue weighted by molar-refractivity contribution is 9.10. The number of benzene rings is 2. The Morgan fingerprint density at radius 1 is 1.04 bits per heavy atom. The van der Waals surface area contributed by atoms with Crippen molar-refractivity contribution in [3.05, 3.63) is 46.9 Å². The first-order valence-corrected chi connectivity index (χ1v) is 8.87. The smallest absolute Gasteiger partial charge is 0.435 e. The predicted octanol–water partition coefficient (Wildman–Crippen LogP) is 4.75. The lowest BCUT2D eigenvalue weighted by Crippen LogP contribution is -2.21. The quantitative estimate of drug-likeness (QED) is 0.630. The summed E-state index contributed by atoms with van der Waals surface area (Å²) < 4.78 is 96.4. The number of sulfonamides is 1. The third-order valence-electron chi connectivity index (χ3n) is 2.75. The van der Waals surface area contributed by atoms with E-state index in [-0.39, 0.29) is 15.9 Å². The Kier molecular flexibility index (Phi) is 5.96. The molecule has 0 atom stereocenters. The van der Waals surface area contributed by atoms with Gasteiger partial charge in [-0.05, 0) is 42.5 Å². The topological polar surface area (TPSA) is 64.6 Å². The van der Waals surface area contributed by atoms with Gasteiger partial charge in [-0.1, -0.05) is 15.9 Å². The molecule has 0 fully saturated rings. The zero-order valence-corrected chi connectivity index (χ0v) is 14.8. The van der Waals surface area contributed by atoms with Gasteiger partial charge in [0.25, 0.3) is 10.0 Å². The van der Waals surface area contributed by atoms with Crippen molar-refractivity contribution in [2.24, 2.45) is 0 Å². The number of nitrogens with one attached hydrogen (secondary N) is 1. The van der Waals surface area contributed by atoms with Crippen molar-refractivity contribution in [3.63, 3.8) is 0 Å². The second kappa shape index (κ2) is 7.66. The fourth-order valence-corrected chi connectivity index (χ4v) is 3.33. The molecule has 0 aliphatic heterocycles. The maximum absolute atomic E-state index is 12.5. The zero-order valence-electron chi connectivity index (χ0n) is 12.4. The van der Waals surface area contributed by atoms with Crippen molar-refractivity contribution in [3.8, 4) is 11.5 Å². The largest absolute Gasteiger partial charge is 0.573 e. The van der Waals surface area contributed by atoms with Crippen LogP contribution in [0, 0.1) is 0 Å². The molecule has 0 unspecified atom stereocenters. The summed E-state index contributed by atoms with van der Waals surface area (Å²) in [6.07, 6.45) is -5.10. The van der Waals surface area contributed by atoms with Gasteiger partial charge in [0.1, 0.15) is 10.6 Å². The number of halogens is 6. The first kappa shape index (κ1) is 20.2. The van der Waals surface area contributed by atoms with Gasteiger partial charge in [0.15, 0.2) is 5.75 Å². The maximum Gasteiger partial charge on any atom is 0.573 e. The van der Waals surface area contributed by atoms with Crippen molar-refractivity contribution < 1.29 is 39.8 Å². The number of alkyl halides is 5. The molecule has 0 aliphatic rings. The highest BCUT2D eigenvalue weighted by Gasteiger charge is 2.34. The van der Waals surface area contributed by atoms with Crippen molar-refractivity contribution in [1.29, 1.82) is 0 Å². The van der Waals surface area contributed by atoms with E-state index in [9.17, 15) is 30.4 Å². The molecule has 0 saturated heterocycles. The summed E-state index contributed by atoms with van der Waals surface area (Å²) in [7, 11) is -4.45. The highest BCUT2D eigenvalue weighted by Crippen LogP contribution is 2.33. The third kappa shape index (κ3) is 5.73. The molecule has 0 heterocycles. The summed E-state index contributed by atoms with van der Waals surface area (Å²) >= 11 is 2.93. The third-order valence-corrected chi connectivity index (χ3v) is 4.67. The monoisotopic (exact) mass is 461 g/mol. The standard InChI is InChI=1S/C14H9BrF5NO4S/c15-8-1-6-12(11(7-8)25-14(18,19)20)26(22,23)21-9-2-4-10(5-3-9)24-13(16)17/h1-7,13,21H. The molecule has 2 aromatic carbocycles. The van der Waals surface area contributed by atoms with Gasteiger partial charge in [-0.2, -0.15) is 8.78 Å². The van der Waals surface area contributed by atoms with Gasteiger partial charge in [-0.3, -0.25) is 4.72 Å². The fraction of sp³-hybridized carbons (Fsp3) is 0.143. The van der Waals surface area contributed by atoms with Crippen LogP contribution in [0.5, 0.6) is 11.5 Å². The SMILES string of the molecule is O=S(=O)(Nc1ccc(OC(F)F)cc1)c1ccc(Br)cc1OC(F)(F)F. The molecule has 0 aliphatic carbocycles. The molecule has 142 valence electrons. The molecule has 2 aromatic rings. The fourth-order valence-electron chi connectivity index (χ4n) is 1.82. The molecule has 0 bridgehead atoms. The Balaban J connectivity index is 2.30. The molecule has 0 amide bonds. The van der Waals surface area contributed by atoms with Crippen LogP contribution in [0.15, 0.2) is 51.8 Å². The molecular formula is C14H9BrF5NO4S. The number of rotatable bonds is 6. The maximum atomic E-state index is 12.5. The molecule has 0 radical (unpaired) electrons. The summed E-state index contributed by atoms with van der Waals surface area (Å²) in [6.45, 7) is -3.05. The molecule has 0 saturated carbocycles. The predicted molar refractivity (Wildman–Crippen MR) is 84.7 cm³/mol.